The number of benzene rings is 1. The van der Waals surface area contributed by atoms with E-state index >= 15 is 0 Å². The lowest BCUT2D eigenvalue weighted by Crippen LogP contribution is -2.57. The molecule has 0 unspecified atom stereocenters. The maximum Gasteiger partial charge on any atom is 0.241 e. The van der Waals surface area contributed by atoms with E-state index in [4.69, 9.17) is 4.74 Å². The highest BCUT2D eigenvalue weighted by Gasteiger charge is 2.38. The molecular weight excluding hydrogens is 378 g/mol. The molecule has 2 fully saturated rings. The second kappa shape index (κ2) is 8.10. The number of hydrogen-bond acceptors (Lipinski definition) is 5. The molecule has 1 aromatic rings. The number of nitrogens with zero attached hydrogens (tertiary/aromatic N) is 1. The normalized spacial score (nSPS) is 23.1. The fourth-order valence-electron chi connectivity index (χ4n) is 4.58. The number of carbonyl (C=O) groups is 1. The molecule has 0 radical (unpaired) electrons. The van der Waals surface area contributed by atoms with Crippen molar-refractivity contribution in [1.82, 2.24) is 9.62 Å². The molecule has 28 heavy (non-hydrogen) atoms. The Balaban J connectivity index is 1.56. The van der Waals surface area contributed by atoms with Gasteiger partial charge in [0.15, 0.2) is 0 Å². The van der Waals surface area contributed by atoms with Crippen LogP contribution in [0.1, 0.15) is 44.1 Å². The van der Waals surface area contributed by atoms with Gasteiger partial charge in [0.1, 0.15) is 0 Å². The molecule has 7 nitrogen and oxygen atoms in total. The maximum absolute atomic E-state index is 13.3. The van der Waals surface area contributed by atoms with Crippen molar-refractivity contribution in [3.63, 3.8) is 0 Å². The van der Waals surface area contributed by atoms with Gasteiger partial charge in [0.05, 0.1) is 18.1 Å². The molecule has 0 atom stereocenters. The molecule has 1 aromatic carbocycles. The van der Waals surface area contributed by atoms with Gasteiger partial charge in [-0.25, -0.2) is 13.1 Å². The van der Waals surface area contributed by atoms with Crippen LogP contribution in [-0.4, -0.2) is 57.6 Å². The SMILES string of the molecule is O=C1CCc2cc(S(=O)(=O)NC3(CN4CCOCC4)CCCCC3)ccc2N1. The Kier molecular flexibility index (Phi) is 5.73. The second-order valence-electron chi connectivity index (χ2n) is 8.20. The molecule has 2 aliphatic heterocycles. The van der Waals surface area contributed by atoms with Crippen LogP contribution in [0.5, 0.6) is 0 Å². The first-order valence-electron chi connectivity index (χ1n) is 10.2. The summed E-state index contributed by atoms with van der Waals surface area (Å²) in [4.78, 5) is 14.2. The summed E-state index contributed by atoms with van der Waals surface area (Å²) >= 11 is 0. The van der Waals surface area contributed by atoms with Gasteiger partial charge in [0.2, 0.25) is 15.9 Å². The average Bonchev–Trinajstić information content (AvgIpc) is 2.68. The Bertz CT molecular complexity index is 828. The Morgan fingerprint density at radius 1 is 1.11 bits per heavy atom. The van der Waals surface area contributed by atoms with Gasteiger partial charge in [-0.3, -0.25) is 9.69 Å². The van der Waals surface area contributed by atoms with Gasteiger partial charge in [-0.2, -0.15) is 0 Å². The number of rotatable bonds is 5. The van der Waals surface area contributed by atoms with E-state index in [0.29, 0.717) is 26.1 Å². The van der Waals surface area contributed by atoms with E-state index in [1.54, 1.807) is 18.2 Å². The van der Waals surface area contributed by atoms with E-state index in [1.807, 2.05) is 0 Å². The van der Waals surface area contributed by atoms with Gasteiger partial charge < -0.3 is 10.1 Å². The number of aryl methyl sites for hydroxylation is 1. The van der Waals surface area contributed by atoms with Crippen LogP contribution in [0.25, 0.3) is 0 Å². The summed E-state index contributed by atoms with van der Waals surface area (Å²) in [5.74, 6) is -0.0205. The smallest absolute Gasteiger partial charge is 0.241 e. The number of anilines is 1. The summed E-state index contributed by atoms with van der Waals surface area (Å²) in [6.07, 6.45) is 5.95. The third-order valence-electron chi connectivity index (χ3n) is 6.07. The number of carbonyl (C=O) groups excluding carboxylic acids is 1. The standard InChI is InChI=1S/C20H29N3O4S/c24-19-7-4-16-14-17(5-6-18(16)21-19)28(25,26)22-20(8-2-1-3-9-20)15-23-10-12-27-13-11-23/h5-6,14,22H,1-4,7-13,15H2,(H,21,24). The third kappa shape index (κ3) is 4.40. The minimum atomic E-state index is -3.64. The number of ether oxygens (including phenoxy) is 1. The molecule has 2 N–H and O–H groups in total. The quantitative estimate of drug-likeness (QED) is 0.778. The van der Waals surface area contributed by atoms with Crippen molar-refractivity contribution in [3.8, 4) is 0 Å². The van der Waals surface area contributed by atoms with Crippen LogP contribution >= 0.6 is 0 Å². The van der Waals surface area contributed by atoms with Crippen molar-refractivity contribution >= 4 is 21.6 Å². The van der Waals surface area contributed by atoms with Crippen LogP contribution in [0, 0.1) is 0 Å². The molecule has 3 aliphatic rings. The number of sulfonamides is 1. The van der Waals surface area contributed by atoms with Crippen molar-refractivity contribution in [2.24, 2.45) is 0 Å². The first kappa shape index (κ1) is 19.8. The van der Waals surface area contributed by atoms with E-state index in [0.717, 1.165) is 63.0 Å². The molecule has 1 saturated carbocycles. The number of hydrogen-bond donors (Lipinski definition) is 2. The Morgan fingerprint density at radius 2 is 1.86 bits per heavy atom. The zero-order valence-corrected chi connectivity index (χ0v) is 17.0. The molecule has 1 aliphatic carbocycles. The molecule has 8 heteroatoms. The lowest BCUT2D eigenvalue weighted by atomic mass is 9.82. The molecule has 0 bridgehead atoms. The van der Waals surface area contributed by atoms with Gasteiger partial charge in [0.25, 0.3) is 0 Å². The summed E-state index contributed by atoms with van der Waals surface area (Å²) in [7, 11) is -3.64. The van der Waals surface area contributed by atoms with Crippen molar-refractivity contribution in [3.05, 3.63) is 23.8 Å². The first-order valence-corrected chi connectivity index (χ1v) is 11.7. The van der Waals surface area contributed by atoms with Crippen molar-refractivity contribution < 1.29 is 17.9 Å². The van der Waals surface area contributed by atoms with Crippen LogP contribution < -0.4 is 10.0 Å². The van der Waals surface area contributed by atoms with Gasteiger partial charge in [-0.1, -0.05) is 19.3 Å². The summed E-state index contributed by atoms with van der Waals surface area (Å²) in [5, 5.41) is 2.81. The summed E-state index contributed by atoms with van der Waals surface area (Å²) < 4.78 is 35.0. The lowest BCUT2D eigenvalue weighted by molar-refractivity contribution is -0.116. The topological polar surface area (TPSA) is 87.7 Å². The van der Waals surface area contributed by atoms with Crippen LogP contribution in [0.2, 0.25) is 0 Å². The summed E-state index contributed by atoms with van der Waals surface area (Å²) in [5.41, 5.74) is 1.18. The summed E-state index contributed by atoms with van der Waals surface area (Å²) in [6.45, 7) is 3.85. The number of amides is 1. The zero-order valence-electron chi connectivity index (χ0n) is 16.2. The molecule has 1 amide bonds. The monoisotopic (exact) mass is 407 g/mol. The Hall–Kier alpha value is -1.48. The molecule has 154 valence electrons. The number of fused-ring (bicyclic) bond motifs is 1. The number of nitrogens with one attached hydrogen (secondary N) is 2. The largest absolute Gasteiger partial charge is 0.379 e. The predicted molar refractivity (Wildman–Crippen MR) is 107 cm³/mol. The average molecular weight is 408 g/mol. The second-order valence-corrected chi connectivity index (χ2v) is 9.88. The zero-order chi connectivity index (χ0) is 19.6. The van der Waals surface area contributed by atoms with Gasteiger partial charge in [0, 0.05) is 37.3 Å². The van der Waals surface area contributed by atoms with E-state index in [2.05, 4.69) is 14.9 Å². The van der Waals surface area contributed by atoms with Gasteiger partial charge >= 0.3 is 0 Å². The highest BCUT2D eigenvalue weighted by atomic mass is 32.2. The molecule has 1 saturated heterocycles. The first-order chi connectivity index (χ1) is 13.5. The molecule has 2 heterocycles. The van der Waals surface area contributed by atoms with Crippen LogP contribution in [-0.2, 0) is 26.0 Å². The van der Waals surface area contributed by atoms with Crippen LogP contribution in [0.15, 0.2) is 23.1 Å². The highest BCUT2D eigenvalue weighted by molar-refractivity contribution is 7.89. The van der Waals surface area contributed by atoms with E-state index in [1.165, 1.54) is 0 Å². The van der Waals surface area contributed by atoms with Crippen LogP contribution in [0.3, 0.4) is 0 Å². The van der Waals surface area contributed by atoms with E-state index < -0.39 is 15.6 Å². The summed E-state index contributed by atoms with van der Waals surface area (Å²) in [6, 6.07) is 5.01. The van der Waals surface area contributed by atoms with Gasteiger partial charge in [-0.05, 0) is 43.0 Å². The fourth-order valence-corrected chi connectivity index (χ4v) is 6.08. The lowest BCUT2D eigenvalue weighted by Gasteiger charge is -2.42. The predicted octanol–water partition coefficient (Wildman–Crippen LogP) is 1.88. The Labute approximate surface area is 166 Å². The van der Waals surface area contributed by atoms with Crippen LogP contribution in [0.4, 0.5) is 5.69 Å². The molecule has 0 aromatic heterocycles. The van der Waals surface area contributed by atoms with Crippen molar-refractivity contribution in [1.29, 1.82) is 0 Å². The minimum Gasteiger partial charge on any atom is -0.379 e. The third-order valence-corrected chi connectivity index (χ3v) is 7.65. The highest BCUT2D eigenvalue weighted by Crippen LogP contribution is 2.32. The molecule has 0 spiro atoms. The van der Waals surface area contributed by atoms with Gasteiger partial charge in [-0.15, -0.1) is 0 Å². The Morgan fingerprint density at radius 3 is 2.61 bits per heavy atom. The van der Waals surface area contributed by atoms with E-state index in [9.17, 15) is 13.2 Å². The fraction of sp³-hybridized carbons (Fsp3) is 0.650. The van der Waals surface area contributed by atoms with Crippen molar-refractivity contribution in [2.75, 3.05) is 38.2 Å². The maximum atomic E-state index is 13.3. The molecular formula is C20H29N3O4S. The van der Waals surface area contributed by atoms with E-state index in [-0.39, 0.29) is 10.8 Å². The van der Waals surface area contributed by atoms with Crippen molar-refractivity contribution in [2.45, 2.75) is 55.4 Å². The minimum absolute atomic E-state index is 0.0205. The number of morpholine rings is 1. The molecule has 4 rings (SSSR count).